The summed E-state index contributed by atoms with van der Waals surface area (Å²) in [5, 5.41) is 12.3. The summed E-state index contributed by atoms with van der Waals surface area (Å²) in [6, 6.07) is 11.8. The van der Waals surface area contributed by atoms with E-state index in [1.807, 2.05) is 0 Å². The van der Waals surface area contributed by atoms with Crippen molar-refractivity contribution in [2.75, 3.05) is 5.32 Å². The maximum atomic E-state index is 12.7. The van der Waals surface area contributed by atoms with Crippen LogP contribution in [0.25, 0.3) is 5.69 Å². The van der Waals surface area contributed by atoms with Crippen LogP contribution in [-0.4, -0.2) is 21.6 Å². The largest absolute Gasteiger partial charge is 0.478 e. The number of anilines is 1. The first-order valence-electron chi connectivity index (χ1n) is 8.10. The van der Waals surface area contributed by atoms with Gasteiger partial charge < -0.3 is 10.4 Å². The number of benzene rings is 2. The quantitative estimate of drug-likeness (QED) is 0.659. The van der Waals surface area contributed by atoms with Crippen LogP contribution < -0.4 is 10.9 Å². The molecule has 0 saturated carbocycles. The maximum Gasteiger partial charge on any atom is 0.335 e. The molecule has 0 spiro atoms. The molecule has 0 aliphatic carbocycles. The van der Waals surface area contributed by atoms with Crippen LogP contribution in [0, 0.1) is 6.92 Å². The number of hydrogen-bond donors (Lipinski definition) is 2. The summed E-state index contributed by atoms with van der Waals surface area (Å²) >= 11 is 12.3. The standard InChI is InChI=1S/C20H14Cl2N2O4/c1-11-5-6-12(20(27)28)9-16(11)23-19(26)13-7-8-17(25)24(10-13)18-14(21)3-2-4-15(18)22/h2-10H,1H3,(H,23,26)(H,27,28). The van der Waals surface area contributed by atoms with Gasteiger partial charge in [-0.1, -0.05) is 35.3 Å². The molecular formula is C20H14Cl2N2O4. The summed E-state index contributed by atoms with van der Waals surface area (Å²) in [5.74, 6) is -1.61. The zero-order valence-corrected chi connectivity index (χ0v) is 16.1. The minimum Gasteiger partial charge on any atom is -0.478 e. The van der Waals surface area contributed by atoms with Crippen molar-refractivity contribution in [3.63, 3.8) is 0 Å². The van der Waals surface area contributed by atoms with Gasteiger partial charge >= 0.3 is 5.97 Å². The van der Waals surface area contributed by atoms with Crippen LogP contribution in [-0.2, 0) is 0 Å². The van der Waals surface area contributed by atoms with Gasteiger partial charge in [0.25, 0.3) is 11.5 Å². The molecule has 0 unspecified atom stereocenters. The van der Waals surface area contributed by atoms with Crippen LogP contribution >= 0.6 is 23.2 Å². The van der Waals surface area contributed by atoms with Gasteiger partial charge in [-0.3, -0.25) is 14.2 Å². The Morgan fingerprint density at radius 1 is 1.00 bits per heavy atom. The van der Waals surface area contributed by atoms with Crippen LogP contribution in [0.4, 0.5) is 5.69 Å². The Balaban J connectivity index is 2.00. The van der Waals surface area contributed by atoms with Gasteiger partial charge in [0, 0.05) is 18.0 Å². The Hall–Kier alpha value is -3.09. The molecule has 2 aromatic carbocycles. The van der Waals surface area contributed by atoms with Crippen LogP contribution in [0.15, 0.2) is 59.5 Å². The van der Waals surface area contributed by atoms with Gasteiger partial charge in [-0.2, -0.15) is 0 Å². The fourth-order valence-electron chi connectivity index (χ4n) is 2.60. The molecule has 8 heteroatoms. The maximum absolute atomic E-state index is 12.7. The van der Waals surface area contributed by atoms with E-state index in [-0.39, 0.29) is 26.9 Å². The van der Waals surface area contributed by atoms with Crippen molar-refractivity contribution in [3.8, 4) is 5.69 Å². The van der Waals surface area contributed by atoms with Gasteiger partial charge in [0.05, 0.1) is 26.9 Å². The second kappa shape index (κ2) is 7.88. The molecule has 0 radical (unpaired) electrons. The Labute approximate surface area is 170 Å². The molecular weight excluding hydrogens is 403 g/mol. The number of aryl methyl sites for hydroxylation is 1. The molecule has 142 valence electrons. The zero-order chi connectivity index (χ0) is 20.4. The van der Waals surface area contributed by atoms with Crippen LogP contribution in [0.2, 0.25) is 10.0 Å². The number of aromatic carboxylic acids is 1. The van der Waals surface area contributed by atoms with Gasteiger partial charge in [0.2, 0.25) is 0 Å². The number of nitrogens with zero attached hydrogens (tertiary/aromatic N) is 1. The van der Waals surface area contributed by atoms with E-state index in [9.17, 15) is 14.4 Å². The number of halogens is 2. The number of nitrogens with one attached hydrogen (secondary N) is 1. The van der Waals surface area contributed by atoms with Gasteiger partial charge in [-0.15, -0.1) is 0 Å². The van der Waals surface area contributed by atoms with E-state index in [2.05, 4.69) is 5.32 Å². The zero-order valence-electron chi connectivity index (χ0n) is 14.6. The van der Waals surface area contributed by atoms with Crippen molar-refractivity contribution < 1.29 is 14.7 Å². The number of carbonyl (C=O) groups excluding carboxylic acids is 1. The third kappa shape index (κ3) is 3.93. The van der Waals surface area contributed by atoms with Gasteiger partial charge in [-0.05, 0) is 42.8 Å². The highest BCUT2D eigenvalue weighted by molar-refractivity contribution is 6.37. The fourth-order valence-corrected chi connectivity index (χ4v) is 3.18. The summed E-state index contributed by atoms with van der Waals surface area (Å²) in [4.78, 5) is 36.1. The number of carboxylic acids is 1. The lowest BCUT2D eigenvalue weighted by Gasteiger charge is -2.13. The van der Waals surface area contributed by atoms with Crippen molar-refractivity contribution >= 4 is 40.8 Å². The van der Waals surface area contributed by atoms with E-state index in [1.165, 1.54) is 35.0 Å². The number of carbonyl (C=O) groups is 2. The highest BCUT2D eigenvalue weighted by atomic mass is 35.5. The number of carboxylic acid groups (broad SMARTS) is 1. The Morgan fingerprint density at radius 2 is 1.64 bits per heavy atom. The lowest BCUT2D eigenvalue weighted by atomic mass is 10.1. The molecule has 0 bridgehead atoms. The smallest absolute Gasteiger partial charge is 0.335 e. The van der Waals surface area contributed by atoms with Crippen LogP contribution in [0.1, 0.15) is 26.3 Å². The molecule has 0 saturated heterocycles. The predicted octanol–water partition coefficient (Wildman–Crippen LogP) is 4.40. The average Bonchev–Trinajstić information content (AvgIpc) is 2.64. The lowest BCUT2D eigenvalue weighted by Crippen LogP contribution is -2.21. The summed E-state index contributed by atoms with van der Waals surface area (Å²) in [6.07, 6.45) is 1.33. The molecule has 1 heterocycles. The molecule has 28 heavy (non-hydrogen) atoms. The van der Waals surface area contributed by atoms with E-state index in [4.69, 9.17) is 28.3 Å². The monoisotopic (exact) mass is 416 g/mol. The second-order valence-corrected chi connectivity index (χ2v) is 6.80. The topological polar surface area (TPSA) is 88.4 Å². The number of para-hydroxylation sites is 1. The molecule has 0 aliphatic heterocycles. The Bertz CT molecular complexity index is 1130. The van der Waals surface area contributed by atoms with Crippen molar-refractivity contribution in [3.05, 3.63) is 91.8 Å². The van der Waals surface area contributed by atoms with E-state index in [1.54, 1.807) is 31.2 Å². The molecule has 0 fully saturated rings. The summed E-state index contributed by atoms with van der Waals surface area (Å²) in [6.45, 7) is 1.74. The normalized spacial score (nSPS) is 10.5. The summed E-state index contributed by atoms with van der Waals surface area (Å²) in [5.41, 5.74) is 1.15. The molecule has 6 nitrogen and oxygen atoms in total. The molecule has 0 atom stereocenters. The third-order valence-electron chi connectivity index (χ3n) is 4.08. The minimum atomic E-state index is -1.10. The minimum absolute atomic E-state index is 0.0497. The summed E-state index contributed by atoms with van der Waals surface area (Å²) in [7, 11) is 0. The molecule has 1 aromatic heterocycles. The van der Waals surface area contributed by atoms with E-state index in [0.29, 0.717) is 11.3 Å². The van der Waals surface area contributed by atoms with E-state index >= 15 is 0 Å². The fraction of sp³-hybridized carbons (Fsp3) is 0.0500. The number of hydrogen-bond acceptors (Lipinski definition) is 3. The molecule has 2 N–H and O–H groups in total. The molecule has 0 aliphatic rings. The second-order valence-electron chi connectivity index (χ2n) is 5.99. The molecule has 3 rings (SSSR count). The van der Waals surface area contributed by atoms with Gasteiger partial charge in [0.15, 0.2) is 0 Å². The van der Waals surface area contributed by atoms with Crippen molar-refractivity contribution in [2.45, 2.75) is 6.92 Å². The van der Waals surface area contributed by atoms with Crippen molar-refractivity contribution in [1.29, 1.82) is 0 Å². The third-order valence-corrected chi connectivity index (χ3v) is 4.69. The van der Waals surface area contributed by atoms with Crippen LogP contribution in [0.5, 0.6) is 0 Å². The first kappa shape index (κ1) is 19.7. The van der Waals surface area contributed by atoms with E-state index in [0.717, 1.165) is 0 Å². The predicted molar refractivity (Wildman–Crippen MR) is 108 cm³/mol. The highest BCUT2D eigenvalue weighted by Crippen LogP contribution is 2.27. The summed E-state index contributed by atoms with van der Waals surface area (Å²) < 4.78 is 1.19. The Kier molecular flexibility index (Phi) is 5.53. The SMILES string of the molecule is Cc1ccc(C(=O)O)cc1NC(=O)c1ccc(=O)n(-c2c(Cl)cccc2Cl)c1. The van der Waals surface area contributed by atoms with Crippen molar-refractivity contribution in [1.82, 2.24) is 4.57 Å². The van der Waals surface area contributed by atoms with E-state index < -0.39 is 17.4 Å². The number of amides is 1. The number of pyridine rings is 1. The number of rotatable bonds is 4. The molecule has 3 aromatic rings. The lowest BCUT2D eigenvalue weighted by molar-refractivity contribution is 0.0696. The van der Waals surface area contributed by atoms with Gasteiger partial charge in [0.1, 0.15) is 0 Å². The first-order valence-corrected chi connectivity index (χ1v) is 8.86. The first-order chi connectivity index (χ1) is 13.3. The van der Waals surface area contributed by atoms with Crippen LogP contribution in [0.3, 0.4) is 0 Å². The Morgan fingerprint density at radius 3 is 2.29 bits per heavy atom. The highest BCUT2D eigenvalue weighted by Gasteiger charge is 2.15. The van der Waals surface area contributed by atoms with Gasteiger partial charge in [-0.25, -0.2) is 4.79 Å². The molecule has 1 amide bonds. The van der Waals surface area contributed by atoms with Crippen molar-refractivity contribution in [2.24, 2.45) is 0 Å². The number of aromatic nitrogens is 1. The average molecular weight is 417 g/mol.